The zero-order chi connectivity index (χ0) is 11.3. The van der Waals surface area contributed by atoms with Gasteiger partial charge in [-0.2, -0.15) is 0 Å². The van der Waals surface area contributed by atoms with Crippen LogP contribution < -0.4 is 0 Å². The number of rotatable bonds is 4. The number of likely N-dealkylation sites (N-methyl/N-ethyl adjacent to an activating group) is 1. The van der Waals surface area contributed by atoms with E-state index >= 15 is 0 Å². The minimum Gasteiger partial charge on any atom is -0.395 e. The van der Waals surface area contributed by atoms with Crippen LogP contribution in [0.5, 0.6) is 0 Å². The fraction of sp³-hybridized carbons (Fsp3) is 1.00. The molecule has 15 heavy (non-hydrogen) atoms. The maximum atomic E-state index is 9.19. The lowest BCUT2D eigenvalue weighted by atomic mass is 9.87. The number of azide groups is 1. The Morgan fingerprint density at radius 2 is 1.87 bits per heavy atom. The molecule has 0 spiro atoms. The number of likely N-dealkylation sites (tertiary alicyclic amines) is 1. The molecule has 0 bridgehead atoms. The predicted octanol–water partition coefficient (Wildman–Crippen LogP) is 0.360. The van der Waals surface area contributed by atoms with E-state index < -0.39 is 0 Å². The molecule has 86 valence electrons. The van der Waals surface area contributed by atoms with Gasteiger partial charge in [-0.05, 0) is 31.3 Å². The van der Waals surface area contributed by atoms with Gasteiger partial charge in [0.1, 0.15) is 0 Å². The van der Waals surface area contributed by atoms with E-state index in [4.69, 9.17) is 5.53 Å². The van der Waals surface area contributed by atoms with Gasteiger partial charge >= 0.3 is 0 Å². The molecule has 3 atom stereocenters. The van der Waals surface area contributed by atoms with Crippen molar-refractivity contribution in [1.29, 1.82) is 0 Å². The average molecular weight is 214 g/mol. The fourth-order valence-corrected chi connectivity index (χ4v) is 2.20. The van der Waals surface area contributed by atoms with Crippen molar-refractivity contribution >= 4 is 0 Å². The second kappa shape index (κ2) is 5.92. The molecule has 6 heteroatoms. The second-order valence-corrected chi connectivity index (χ2v) is 4.09. The molecule has 1 unspecified atom stereocenters. The van der Waals surface area contributed by atoms with Crippen LogP contribution in [0.25, 0.3) is 10.4 Å². The summed E-state index contributed by atoms with van der Waals surface area (Å²) in [5.74, 6) is 0.270. The Morgan fingerprint density at radius 1 is 1.33 bits per heavy atom. The zero-order valence-electron chi connectivity index (χ0n) is 8.95. The highest BCUT2D eigenvalue weighted by Crippen LogP contribution is 2.26. The van der Waals surface area contributed by atoms with Crippen molar-refractivity contribution in [2.45, 2.75) is 24.9 Å². The van der Waals surface area contributed by atoms with Crippen LogP contribution in [0.1, 0.15) is 12.8 Å². The van der Waals surface area contributed by atoms with Gasteiger partial charge in [-0.1, -0.05) is 5.11 Å². The normalized spacial score (nSPS) is 32.3. The number of nitrogens with zero attached hydrogens (tertiary/aromatic N) is 4. The molecule has 1 saturated heterocycles. The van der Waals surface area contributed by atoms with Crippen LogP contribution in [-0.2, 0) is 0 Å². The van der Waals surface area contributed by atoms with Gasteiger partial charge in [0.2, 0.25) is 0 Å². The topological polar surface area (TPSA) is 92.5 Å². The Morgan fingerprint density at radius 3 is 2.27 bits per heavy atom. The van der Waals surface area contributed by atoms with Crippen LogP contribution in [0.2, 0.25) is 0 Å². The quantitative estimate of drug-likeness (QED) is 0.402. The van der Waals surface area contributed by atoms with Gasteiger partial charge in [0.15, 0.2) is 0 Å². The van der Waals surface area contributed by atoms with E-state index in [1.54, 1.807) is 0 Å². The van der Waals surface area contributed by atoms with Gasteiger partial charge in [-0.25, -0.2) is 0 Å². The van der Waals surface area contributed by atoms with E-state index in [0.29, 0.717) is 6.54 Å². The SMILES string of the molecule is CN1[C@H](CO)CC(CN=[N+]=[N-])C[C@@H]1CO. The van der Waals surface area contributed by atoms with Gasteiger partial charge in [-0.15, -0.1) is 0 Å². The average Bonchev–Trinajstić information content (AvgIpc) is 2.27. The fourth-order valence-electron chi connectivity index (χ4n) is 2.20. The van der Waals surface area contributed by atoms with Crippen LogP contribution in [0, 0.1) is 5.92 Å². The van der Waals surface area contributed by atoms with Gasteiger partial charge < -0.3 is 10.2 Å². The van der Waals surface area contributed by atoms with Crippen molar-refractivity contribution in [2.24, 2.45) is 11.0 Å². The molecule has 1 aliphatic heterocycles. The number of piperidine rings is 1. The van der Waals surface area contributed by atoms with E-state index in [-0.39, 0.29) is 31.2 Å². The Labute approximate surface area is 89.1 Å². The van der Waals surface area contributed by atoms with Crippen molar-refractivity contribution in [2.75, 3.05) is 26.8 Å². The van der Waals surface area contributed by atoms with Crippen molar-refractivity contribution in [3.63, 3.8) is 0 Å². The monoisotopic (exact) mass is 214 g/mol. The summed E-state index contributed by atoms with van der Waals surface area (Å²) in [6.07, 6.45) is 1.64. The lowest BCUT2D eigenvalue weighted by Gasteiger charge is -2.41. The summed E-state index contributed by atoms with van der Waals surface area (Å²) < 4.78 is 0. The Bertz CT molecular complexity index is 228. The van der Waals surface area contributed by atoms with Gasteiger partial charge in [0, 0.05) is 23.5 Å². The molecule has 0 aliphatic carbocycles. The molecule has 0 aromatic rings. The van der Waals surface area contributed by atoms with Crippen LogP contribution in [-0.4, -0.2) is 54.0 Å². The molecule has 0 saturated carbocycles. The summed E-state index contributed by atoms with van der Waals surface area (Å²) >= 11 is 0. The third kappa shape index (κ3) is 3.07. The number of aliphatic hydroxyl groups is 2. The smallest absolute Gasteiger partial charge is 0.0586 e. The molecule has 0 amide bonds. The standard InChI is InChI=1S/C9H18N4O2/c1-13-8(5-14)2-7(4-11-12-10)3-9(13)6-15/h7-9,14-15H,2-6H2,1H3/t7?,8-,9+. The first-order valence-corrected chi connectivity index (χ1v) is 5.17. The van der Waals surface area contributed by atoms with Gasteiger partial charge in [0.05, 0.1) is 13.2 Å². The highest BCUT2D eigenvalue weighted by Gasteiger charge is 2.31. The molecule has 1 rings (SSSR count). The highest BCUT2D eigenvalue weighted by molar-refractivity contribution is 4.87. The van der Waals surface area contributed by atoms with Crippen molar-refractivity contribution in [3.8, 4) is 0 Å². The molecule has 2 N–H and O–H groups in total. The summed E-state index contributed by atoms with van der Waals surface area (Å²) in [5.41, 5.74) is 8.24. The summed E-state index contributed by atoms with van der Waals surface area (Å²) in [6.45, 7) is 0.622. The molecule has 1 aliphatic rings. The lowest BCUT2D eigenvalue weighted by Crippen LogP contribution is -2.50. The maximum absolute atomic E-state index is 9.19. The van der Waals surface area contributed by atoms with Crippen molar-refractivity contribution < 1.29 is 10.2 Å². The maximum Gasteiger partial charge on any atom is 0.0586 e. The van der Waals surface area contributed by atoms with Crippen molar-refractivity contribution in [1.82, 2.24) is 4.90 Å². The highest BCUT2D eigenvalue weighted by atomic mass is 16.3. The molecule has 0 radical (unpaired) electrons. The van der Waals surface area contributed by atoms with Crippen molar-refractivity contribution in [3.05, 3.63) is 10.4 Å². The molecule has 1 fully saturated rings. The molecule has 6 nitrogen and oxygen atoms in total. The van der Waals surface area contributed by atoms with Crippen LogP contribution >= 0.6 is 0 Å². The largest absolute Gasteiger partial charge is 0.395 e. The first-order valence-electron chi connectivity index (χ1n) is 5.17. The van der Waals surface area contributed by atoms with Crippen LogP contribution in [0.4, 0.5) is 0 Å². The van der Waals surface area contributed by atoms with E-state index in [1.165, 1.54) is 0 Å². The Hall–Kier alpha value is -0.810. The van der Waals surface area contributed by atoms with E-state index in [9.17, 15) is 10.2 Å². The Kier molecular flexibility index (Phi) is 4.84. The van der Waals surface area contributed by atoms with Gasteiger partial charge in [-0.3, -0.25) is 4.90 Å². The third-order valence-corrected chi connectivity index (χ3v) is 3.19. The second-order valence-electron chi connectivity index (χ2n) is 4.09. The van der Waals surface area contributed by atoms with E-state index in [0.717, 1.165) is 12.8 Å². The Balaban J connectivity index is 2.59. The van der Waals surface area contributed by atoms with Gasteiger partial charge in [0.25, 0.3) is 0 Å². The summed E-state index contributed by atoms with van der Waals surface area (Å²) in [7, 11) is 1.91. The van der Waals surface area contributed by atoms with E-state index in [2.05, 4.69) is 10.0 Å². The summed E-state index contributed by atoms with van der Waals surface area (Å²) in [6, 6.07) is 0.129. The zero-order valence-corrected chi connectivity index (χ0v) is 8.95. The molecule has 1 heterocycles. The molecular formula is C9H18N4O2. The number of aliphatic hydroxyl groups excluding tert-OH is 2. The summed E-state index contributed by atoms with van der Waals surface area (Å²) in [5, 5.41) is 21.9. The lowest BCUT2D eigenvalue weighted by molar-refractivity contribution is 0.0169. The first kappa shape index (κ1) is 12.3. The number of hydrogen-bond donors (Lipinski definition) is 2. The summed E-state index contributed by atoms with van der Waals surface area (Å²) in [4.78, 5) is 4.74. The predicted molar refractivity (Wildman–Crippen MR) is 56.2 cm³/mol. The minimum absolute atomic E-state index is 0.0646. The number of hydrogen-bond acceptors (Lipinski definition) is 4. The molecule has 0 aromatic heterocycles. The molecular weight excluding hydrogens is 196 g/mol. The van der Waals surface area contributed by atoms with E-state index in [1.807, 2.05) is 11.9 Å². The molecule has 0 aromatic carbocycles. The third-order valence-electron chi connectivity index (χ3n) is 3.19. The van der Waals surface area contributed by atoms with Crippen LogP contribution in [0.15, 0.2) is 5.11 Å². The first-order chi connectivity index (χ1) is 7.22. The van der Waals surface area contributed by atoms with Crippen LogP contribution in [0.3, 0.4) is 0 Å². The minimum atomic E-state index is 0.0646.